The van der Waals surface area contributed by atoms with E-state index < -0.39 is 11.9 Å². The molecule has 0 saturated heterocycles. The number of carbonyl (C=O) groups is 3. The van der Waals surface area contributed by atoms with Crippen LogP contribution in [0.5, 0.6) is 0 Å². The molecule has 0 bridgehead atoms. The van der Waals surface area contributed by atoms with Crippen LogP contribution < -0.4 is 15.5 Å². The number of carbonyl (C=O) groups excluding carboxylic acids is 3. The van der Waals surface area contributed by atoms with Gasteiger partial charge in [-0.25, -0.2) is 0 Å². The molecule has 2 aromatic carbocycles. The number of hydrogen-bond acceptors (Lipinski definition) is 5. The maximum Gasteiger partial charge on any atom is 0.311 e. The quantitative estimate of drug-likeness (QED) is 0.626. The smallest absolute Gasteiger partial charge is 0.311 e. The molecule has 0 fully saturated rings. The molecule has 0 saturated carbocycles. The lowest BCUT2D eigenvalue weighted by atomic mass is 10.1. The van der Waals surface area contributed by atoms with E-state index in [2.05, 4.69) is 10.6 Å². The number of rotatable bonds is 6. The first kappa shape index (κ1) is 23.3. The molecule has 0 spiro atoms. The zero-order valence-corrected chi connectivity index (χ0v) is 19.3. The zero-order chi connectivity index (χ0) is 23.4. The van der Waals surface area contributed by atoms with Gasteiger partial charge in [-0.15, -0.1) is 0 Å². The second kappa shape index (κ2) is 9.87. The Hall–Kier alpha value is -3.32. The van der Waals surface area contributed by atoms with Crippen molar-refractivity contribution in [3.8, 4) is 0 Å². The molecule has 1 aliphatic rings. The van der Waals surface area contributed by atoms with Crippen molar-refractivity contribution in [3.63, 3.8) is 0 Å². The lowest BCUT2D eigenvalue weighted by Crippen LogP contribution is -2.37. The van der Waals surface area contributed by atoms with E-state index in [9.17, 15) is 14.4 Å². The van der Waals surface area contributed by atoms with Gasteiger partial charge in [0.05, 0.1) is 24.4 Å². The van der Waals surface area contributed by atoms with E-state index in [0.717, 1.165) is 16.7 Å². The van der Waals surface area contributed by atoms with Crippen LogP contribution in [0.3, 0.4) is 0 Å². The molecule has 0 unspecified atom stereocenters. The van der Waals surface area contributed by atoms with Crippen molar-refractivity contribution in [1.29, 1.82) is 0 Å². The lowest BCUT2D eigenvalue weighted by molar-refractivity contribution is -0.142. The Morgan fingerprint density at radius 3 is 2.53 bits per heavy atom. The molecule has 3 rings (SSSR count). The van der Waals surface area contributed by atoms with Crippen molar-refractivity contribution < 1.29 is 19.1 Å². The van der Waals surface area contributed by atoms with Gasteiger partial charge in [0.15, 0.2) is 0 Å². The number of halogens is 1. The van der Waals surface area contributed by atoms with Crippen LogP contribution >= 0.6 is 11.6 Å². The second-order valence-corrected chi connectivity index (χ2v) is 8.10. The van der Waals surface area contributed by atoms with E-state index in [1.165, 1.54) is 11.0 Å². The summed E-state index contributed by atoms with van der Waals surface area (Å²) in [5.41, 5.74) is 5.04. The minimum atomic E-state index is -0.438. The van der Waals surface area contributed by atoms with Crippen LogP contribution in [-0.4, -0.2) is 30.9 Å². The second-order valence-electron chi connectivity index (χ2n) is 7.66. The predicted octanol–water partition coefficient (Wildman–Crippen LogP) is 4.50. The Morgan fingerprint density at radius 1 is 1.09 bits per heavy atom. The number of benzene rings is 2. The molecule has 0 radical (unpaired) electrons. The Bertz CT molecular complexity index is 1110. The van der Waals surface area contributed by atoms with E-state index >= 15 is 0 Å². The Kier molecular flexibility index (Phi) is 7.20. The summed E-state index contributed by atoms with van der Waals surface area (Å²) in [6.07, 6.45) is 1.26. The maximum absolute atomic E-state index is 13.1. The summed E-state index contributed by atoms with van der Waals surface area (Å²) in [4.78, 5) is 39.3. The molecule has 168 valence electrons. The van der Waals surface area contributed by atoms with Gasteiger partial charge in [-0.05, 0) is 68.7 Å². The molecule has 0 atom stereocenters. The fraction of sp³-hybridized carbons (Fsp3) is 0.292. The molecule has 2 aromatic rings. The van der Waals surface area contributed by atoms with Gasteiger partial charge < -0.3 is 15.4 Å². The summed E-state index contributed by atoms with van der Waals surface area (Å²) < 4.78 is 5.01. The highest BCUT2D eigenvalue weighted by atomic mass is 35.5. The average molecular weight is 456 g/mol. The molecular weight excluding hydrogens is 430 g/mol. The third-order valence-corrected chi connectivity index (χ3v) is 5.41. The van der Waals surface area contributed by atoms with Crippen molar-refractivity contribution in [2.75, 3.05) is 28.7 Å². The van der Waals surface area contributed by atoms with E-state index in [1.54, 1.807) is 19.1 Å². The largest absolute Gasteiger partial charge is 0.466 e. The van der Waals surface area contributed by atoms with Crippen molar-refractivity contribution in [1.82, 2.24) is 0 Å². The summed E-state index contributed by atoms with van der Waals surface area (Å²) in [6, 6.07) is 8.97. The number of anilines is 3. The average Bonchev–Trinajstić information content (AvgIpc) is 2.82. The van der Waals surface area contributed by atoms with Crippen molar-refractivity contribution in [2.24, 2.45) is 0 Å². The standard InChI is InChI=1S/C24H26ClN3O4/c1-5-32-24(31)12-18-11-23(30)28(21-9-16(4)15(3)8-20(21)26-18)13-22(29)27-19-10-17(25)7-6-14(19)2/h6-11,26H,5,12-13H2,1-4H3,(H,27,29). The first-order chi connectivity index (χ1) is 15.2. The summed E-state index contributed by atoms with van der Waals surface area (Å²) in [6.45, 7) is 7.53. The van der Waals surface area contributed by atoms with Crippen molar-refractivity contribution in [3.05, 3.63) is 63.8 Å². The van der Waals surface area contributed by atoms with Crippen LogP contribution in [0.4, 0.5) is 17.1 Å². The summed E-state index contributed by atoms with van der Waals surface area (Å²) in [5.74, 6) is -1.21. The summed E-state index contributed by atoms with van der Waals surface area (Å²) in [7, 11) is 0. The Morgan fingerprint density at radius 2 is 1.81 bits per heavy atom. The molecule has 8 heteroatoms. The molecule has 1 aliphatic heterocycles. The number of esters is 1. The highest BCUT2D eigenvalue weighted by molar-refractivity contribution is 6.31. The van der Waals surface area contributed by atoms with Gasteiger partial charge in [-0.1, -0.05) is 17.7 Å². The van der Waals surface area contributed by atoms with Crippen LogP contribution in [0, 0.1) is 20.8 Å². The van der Waals surface area contributed by atoms with Gasteiger partial charge in [0.2, 0.25) is 5.91 Å². The maximum atomic E-state index is 13.1. The first-order valence-electron chi connectivity index (χ1n) is 10.3. The van der Waals surface area contributed by atoms with E-state index in [-0.39, 0.29) is 25.5 Å². The van der Waals surface area contributed by atoms with Crippen molar-refractivity contribution >= 4 is 46.4 Å². The highest BCUT2D eigenvalue weighted by Gasteiger charge is 2.26. The monoisotopic (exact) mass is 455 g/mol. The van der Waals surface area contributed by atoms with Gasteiger partial charge in [-0.3, -0.25) is 19.3 Å². The Labute approximate surface area is 192 Å². The number of amides is 2. The van der Waals surface area contributed by atoms with E-state index in [0.29, 0.717) is 27.8 Å². The van der Waals surface area contributed by atoms with E-state index in [1.807, 2.05) is 39.0 Å². The molecule has 7 nitrogen and oxygen atoms in total. The van der Waals surface area contributed by atoms with Crippen LogP contribution in [0.15, 0.2) is 42.1 Å². The van der Waals surface area contributed by atoms with E-state index in [4.69, 9.17) is 16.3 Å². The topological polar surface area (TPSA) is 87.7 Å². The number of hydrogen-bond donors (Lipinski definition) is 2. The number of fused-ring (bicyclic) bond motifs is 1. The molecule has 0 aromatic heterocycles. The SMILES string of the molecule is CCOC(=O)CC1=CC(=O)N(CC(=O)Nc2cc(Cl)ccc2C)c2cc(C)c(C)cc2N1. The van der Waals surface area contributed by atoms with Crippen LogP contribution in [0.2, 0.25) is 5.02 Å². The molecule has 2 amide bonds. The highest BCUT2D eigenvalue weighted by Crippen LogP contribution is 2.33. The van der Waals surface area contributed by atoms with Gasteiger partial charge in [0.25, 0.3) is 5.91 Å². The molecule has 1 heterocycles. The molecule has 2 N–H and O–H groups in total. The summed E-state index contributed by atoms with van der Waals surface area (Å²) in [5, 5.41) is 6.49. The molecule has 32 heavy (non-hydrogen) atoms. The van der Waals surface area contributed by atoms with Gasteiger partial charge in [-0.2, -0.15) is 0 Å². The number of nitrogens with one attached hydrogen (secondary N) is 2. The van der Waals surface area contributed by atoms with Crippen LogP contribution in [0.1, 0.15) is 30.0 Å². The number of ether oxygens (including phenoxy) is 1. The van der Waals surface area contributed by atoms with Gasteiger partial charge in [0, 0.05) is 22.5 Å². The minimum absolute atomic E-state index is 0.0757. The van der Waals surface area contributed by atoms with Gasteiger partial charge in [0.1, 0.15) is 6.54 Å². The summed E-state index contributed by atoms with van der Waals surface area (Å²) >= 11 is 6.05. The fourth-order valence-electron chi connectivity index (χ4n) is 3.37. The molecular formula is C24H26ClN3O4. The minimum Gasteiger partial charge on any atom is -0.466 e. The van der Waals surface area contributed by atoms with Crippen molar-refractivity contribution in [2.45, 2.75) is 34.1 Å². The lowest BCUT2D eigenvalue weighted by Gasteiger charge is -2.23. The van der Waals surface area contributed by atoms with Crippen LogP contribution in [-0.2, 0) is 19.1 Å². The normalized spacial score (nSPS) is 13.0. The predicted molar refractivity (Wildman–Crippen MR) is 126 cm³/mol. The third-order valence-electron chi connectivity index (χ3n) is 5.18. The Balaban J connectivity index is 1.91. The molecule has 0 aliphatic carbocycles. The number of aryl methyl sites for hydroxylation is 3. The third kappa shape index (κ3) is 5.48. The van der Waals surface area contributed by atoms with Gasteiger partial charge >= 0.3 is 5.97 Å². The van der Waals surface area contributed by atoms with Crippen LogP contribution in [0.25, 0.3) is 0 Å². The zero-order valence-electron chi connectivity index (χ0n) is 18.5. The number of nitrogens with zero attached hydrogens (tertiary/aromatic N) is 1. The fourth-order valence-corrected chi connectivity index (χ4v) is 3.54. The first-order valence-corrected chi connectivity index (χ1v) is 10.7.